The molecule has 1 aliphatic heterocycles. The number of carbonyl (C=O) groups excluding carboxylic acids is 1. The fourth-order valence-corrected chi connectivity index (χ4v) is 3.33. The summed E-state index contributed by atoms with van der Waals surface area (Å²) < 4.78 is 28.6. The van der Waals surface area contributed by atoms with E-state index in [1.165, 1.54) is 6.07 Å². The van der Waals surface area contributed by atoms with Gasteiger partial charge in [-0.2, -0.15) is 0 Å². The first-order chi connectivity index (χ1) is 12.5. The number of aromatic nitrogens is 2. The Hall–Kier alpha value is -2.28. The topological polar surface area (TPSA) is 41.4 Å². The van der Waals surface area contributed by atoms with Gasteiger partial charge in [-0.1, -0.05) is 0 Å². The van der Waals surface area contributed by atoms with Crippen molar-refractivity contribution in [2.45, 2.75) is 25.3 Å². The molecule has 1 fully saturated rings. The van der Waals surface area contributed by atoms with Crippen LogP contribution in [0, 0.1) is 11.6 Å². The SMILES string of the molecule is CN(C)CCn1ccnc1C1CCN(C(=O)c2ccc(F)c(F)c2)CC1. The van der Waals surface area contributed by atoms with Crippen LogP contribution in [-0.4, -0.2) is 59.0 Å². The monoisotopic (exact) mass is 362 g/mol. The molecule has 1 aliphatic rings. The molecule has 1 aromatic carbocycles. The molecule has 26 heavy (non-hydrogen) atoms. The Morgan fingerprint density at radius 2 is 1.96 bits per heavy atom. The Bertz CT molecular complexity index is 767. The van der Waals surface area contributed by atoms with Gasteiger partial charge < -0.3 is 14.4 Å². The molecule has 2 heterocycles. The van der Waals surface area contributed by atoms with Crippen LogP contribution in [0.1, 0.15) is 34.9 Å². The largest absolute Gasteiger partial charge is 0.339 e. The minimum atomic E-state index is -0.992. The number of carbonyl (C=O) groups is 1. The van der Waals surface area contributed by atoms with Gasteiger partial charge in [0.05, 0.1) is 0 Å². The summed E-state index contributed by atoms with van der Waals surface area (Å²) in [5.41, 5.74) is 0.190. The minimum Gasteiger partial charge on any atom is -0.339 e. The van der Waals surface area contributed by atoms with Gasteiger partial charge in [0.1, 0.15) is 5.82 Å². The number of nitrogens with zero attached hydrogens (tertiary/aromatic N) is 4. The number of piperidine rings is 1. The van der Waals surface area contributed by atoms with Crippen LogP contribution >= 0.6 is 0 Å². The summed E-state index contributed by atoms with van der Waals surface area (Å²) in [6.45, 7) is 3.00. The molecule has 0 saturated carbocycles. The van der Waals surface area contributed by atoms with Gasteiger partial charge in [0.25, 0.3) is 5.91 Å². The third-order valence-electron chi connectivity index (χ3n) is 4.85. The van der Waals surface area contributed by atoms with E-state index in [-0.39, 0.29) is 11.5 Å². The molecule has 0 aliphatic carbocycles. The van der Waals surface area contributed by atoms with Crippen LogP contribution in [0.15, 0.2) is 30.6 Å². The number of rotatable bonds is 5. The van der Waals surface area contributed by atoms with Gasteiger partial charge in [-0.15, -0.1) is 0 Å². The summed E-state index contributed by atoms with van der Waals surface area (Å²) in [5, 5.41) is 0. The minimum absolute atomic E-state index is 0.190. The highest BCUT2D eigenvalue weighted by Gasteiger charge is 2.27. The lowest BCUT2D eigenvalue weighted by molar-refractivity contribution is 0.0709. The predicted molar refractivity (Wildman–Crippen MR) is 95.0 cm³/mol. The number of hydrogen-bond donors (Lipinski definition) is 0. The molecule has 7 heteroatoms. The van der Waals surface area contributed by atoms with E-state index in [4.69, 9.17) is 0 Å². The van der Waals surface area contributed by atoms with Crippen molar-refractivity contribution in [1.29, 1.82) is 0 Å². The third kappa shape index (κ3) is 4.09. The highest BCUT2D eigenvalue weighted by Crippen LogP contribution is 2.28. The molecule has 1 aromatic heterocycles. The second kappa shape index (κ2) is 7.95. The van der Waals surface area contributed by atoms with E-state index in [0.717, 1.165) is 43.9 Å². The van der Waals surface area contributed by atoms with Crippen molar-refractivity contribution < 1.29 is 13.6 Å². The smallest absolute Gasteiger partial charge is 0.253 e. The summed E-state index contributed by atoms with van der Waals surface area (Å²) in [5.74, 6) is -0.815. The first-order valence-corrected chi connectivity index (χ1v) is 8.86. The van der Waals surface area contributed by atoms with Gasteiger partial charge in [-0.3, -0.25) is 4.79 Å². The number of imidazole rings is 1. The van der Waals surface area contributed by atoms with Crippen molar-refractivity contribution in [3.8, 4) is 0 Å². The van der Waals surface area contributed by atoms with Crippen LogP contribution < -0.4 is 0 Å². The number of likely N-dealkylation sites (tertiary alicyclic amines) is 1. The van der Waals surface area contributed by atoms with Crippen LogP contribution in [0.25, 0.3) is 0 Å². The molecule has 1 amide bonds. The molecular weight excluding hydrogens is 338 g/mol. The molecular formula is C19H24F2N4O. The van der Waals surface area contributed by atoms with E-state index in [9.17, 15) is 13.6 Å². The van der Waals surface area contributed by atoms with E-state index < -0.39 is 11.6 Å². The predicted octanol–water partition coefficient (Wildman–Crippen LogP) is 2.74. The summed E-state index contributed by atoms with van der Waals surface area (Å²) in [7, 11) is 4.08. The number of halogens is 2. The molecule has 0 N–H and O–H groups in total. The van der Waals surface area contributed by atoms with Crippen molar-refractivity contribution in [3.63, 3.8) is 0 Å². The normalized spacial score (nSPS) is 15.7. The highest BCUT2D eigenvalue weighted by atomic mass is 19.2. The van der Waals surface area contributed by atoms with Gasteiger partial charge in [0, 0.05) is 50.1 Å². The molecule has 0 atom stereocenters. The van der Waals surface area contributed by atoms with Gasteiger partial charge in [-0.25, -0.2) is 13.8 Å². The van der Waals surface area contributed by atoms with E-state index in [1.807, 2.05) is 26.5 Å². The molecule has 1 saturated heterocycles. The summed E-state index contributed by atoms with van der Waals surface area (Å²) in [6, 6.07) is 3.30. The van der Waals surface area contributed by atoms with Crippen LogP contribution in [0.4, 0.5) is 8.78 Å². The number of amides is 1. The Labute approximate surface area is 152 Å². The maximum absolute atomic E-state index is 13.4. The molecule has 140 valence electrons. The number of hydrogen-bond acceptors (Lipinski definition) is 3. The zero-order chi connectivity index (χ0) is 18.7. The average Bonchev–Trinajstić information content (AvgIpc) is 3.10. The van der Waals surface area contributed by atoms with Crippen molar-refractivity contribution in [2.75, 3.05) is 33.7 Å². The third-order valence-corrected chi connectivity index (χ3v) is 4.85. The lowest BCUT2D eigenvalue weighted by Gasteiger charge is -2.32. The van der Waals surface area contributed by atoms with E-state index in [0.29, 0.717) is 19.0 Å². The van der Waals surface area contributed by atoms with Crippen LogP contribution in [0.3, 0.4) is 0 Å². The highest BCUT2D eigenvalue weighted by molar-refractivity contribution is 5.94. The molecule has 2 aromatic rings. The number of likely N-dealkylation sites (N-methyl/N-ethyl adjacent to an activating group) is 1. The van der Waals surface area contributed by atoms with Crippen LogP contribution in [-0.2, 0) is 6.54 Å². The summed E-state index contributed by atoms with van der Waals surface area (Å²) in [6.07, 6.45) is 5.45. The fourth-order valence-electron chi connectivity index (χ4n) is 3.33. The molecule has 0 unspecified atom stereocenters. The second-order valence-corrected chi connectivity index (χ2v) is 6.98. The van der Waals surface area contributed by atoms with Crippen molar-refractivity contribution >= 4 is 5.91 Å². The van der Waals surface area contributed by atoms with Gasteiger partial charge in [-0.05, 0) is 45.1 Å². The number of benzene rings is 1. The standard InChI is InChI=1S/C19H24F2N4O/c1-23(2)11-12-24-10-7-22-18(24)14-5-8-25(9-6-14)19(26)15-3-4-16(20)17(21)13-15/h3-4,7,10,13-14H,5-6,8-9,11-12H2,1-2H3. The van der Waals surface area contributed by atoms with E-state index >= 15 is 0 Å². The maximum atomic E-state index is 13.4. The van der Waals surface area contributed by atoms with E-state index in [1.54, 1.807) is 4.90 Å². The molecule has 0 spiro atoms. The van der Waals surface area contributed by atoms with Gasteiger partial charge in [0.15, 0.2) is 11.6 Å². The first-order valence-electron chi connectivity index (χ1n) is 8.86. The van der Waals surface area contributed by atoms with Gasteiger partial charge >= 0.3 is 0 Å². The van der Waals surface area contributed by atoms with Crippen LogP contribution in [0.5, 0.6) is 0 Å². The summed E-state index contributed by atoms with van der Waals surface area (Å²) in [4.78, 5) is 20.9. The fraction of sp³-hybridized carbons (Fsp3) is 0.474. The quantitative estimate of drug-likeness (QED) is 0.821. The van der Waals surface area contributed by atoms with Gasteiger partial charge in [0.2, 0.25) is 0 Å². The van der Waals surface area contributed by atoms with Crippen molar-refractivity contribution in [1.82, 2.24) is 19.4 Å². The Morgan fingerprint density at radius 1 is 1.23 bits per heavy atom. The Balaban J connectivity index is 1.61. The van der Waals surface area contributed by atoms with Crippen molar-refractivity contribution in [3.05, 3.63) is 53.6 Å². The lowest BCUT2D eigenvalue weighted by atomic mass is 9.95. The average molecular weight is 362 g/mol. The zero-order valence-electron chi connectivity index (χ0n) is 15.2. The van der Waals surface area contributed by atoms with Crippen LogP contribution in [0.2, 0.25) is 0 Å². The van der Waals surface area contributed by atoms with E-state index in [2.05, 4.69) is 14.5 Å². The Kier molecular flexibility index (Phi) is 5.66. The first kappa shape index (κ1) is 18.5. The molecule has 5 nitrogen and oxygen atoms in total. The molecule has 0 radical (unpaired) electrons. The molecule has 3 rings (SSSR count). The second-order valence-electron chi connectivity index (χ2n) is 6.98. The molecule has 0 bridgehead atoms. The Morgan fingerprint density at radius 3 is 2.62 bits per heavy atom. The lowest BCUT2D eigenvalue weighted by Crippen LogP contribution is -2.38. The maximum Gasteiger partial charge on any atom is 0.253 e. The van der Waals surface area contributed by atoms with Crippen molar-refractivity contribution in [2.24, 2.45) is 0 Å². The zero-order valence-corrected chi connectivity index (χ0v) is 15.2. The summed E-state index contributed by atoms with van der Waals surface area (Å²) >= 11 is 0.